The Bertz CT molecular complexity index is 955. The highest BCUT2D eigenvalue weighted by Gasteiger charge is 2.28. The lowest BCUT2D eigenvalue weighted by Crippen LogP contribution is -2.35. The Hall–Kier alpha value is -3.20. The number of imide groups is 1. The van der Waals surface area contributed by atoms with Crippen LogP contribution in [0.25, 0.3) is 11.8 Å². The number of cyclic esters (lactones) is 1. The second kappa shape index (κ2) is 8.22. The molecule has 1 aliphatic rings. The number of rotatable bonds is 5. The van der Waals surface area contributed by atoms with Crippen molar-refractivity contribution in [1.29, 1.82) is 0 Å². The third-order valence-electron chi connectivity index (χ3n) is 3.91. The van der Waals surface area contributed by atoms with Crippen LogP contribution in [0.5, 0.6) is 0 Å². The molecule has 0 aliphatic carbocycles. The molecule has 0 atom stereocenters. The first kappa shape index (κ1) is 19.6. The second-order valence-electron chi connectivity index (χ2n) is 5.78. The molecule has 1 saturated heterocycles. The molecule has 2 aromatic rings. The number of esters is 1. The summed E-state index contributed by atoms with van der Waals surface area (Å²) in [6.45, 7) is 1.36. The van der Waals surface area contributed by atoms with Gasteiger partial charge in [0.2, 0.25) is 0 Å². The summed E-state index contributed by atoms with van der Waals surface area (Å²) >= 11 is 6.31. The van der Waals surface area contributed by atoms with Crippen LogP contribution in [0.15, 0.2) is 30.3 Å². The highest BCUT2D eigenvalue weighted by molar-refractivity contribution is 6.31. The summed E-state index contributed by atoms with van der Waals surface area (Å²) in [4.78, 5) is 35.8. The molecular formula is C18H15ClFN3O5. The Balaban J connectivity index is 1.65. The maximum Gasteiger partial charge on any atom is 0.416 e. The predicted molar refractivity (Wildman–Crippen MR) is 96.3 cm³/mol. The molecule has 28 heavy (non-hydrogen) atoms. The molecule has 0 N–H and O–H groups in total. The minimum atomic E-state index is -0.786. The number of carbonyl (C=O) groups is 3. The lowest BCUT2D eigenvalue weighted by Gasteiger charge is -2.09. The average molecular weight is 408 g/mol. The Morgan fingerprint density at radius 2 is 2.07 bits per heavy atom. The SMILES string of the molecule is Cc1nn(-c2ccc(F)cc2)c(Cl)c1/C=C/C(=O)OCC(=O)N1CCOC1=O. The fraction of sp³-hybridized carbons (Fsp3) is 0.222. The van der Waals surface area contributed by atoms with Gasteiger partial charge >= 0.3 is 12.1 Å². The molecule has 1 aliphatic heterocycles. The number of halogens is 2. The summed E-state index contributed by atoms with van der Waals surface area (Å²) in [5.41, 5.74) is 1.56. The predicted octanol–water partition coefficient (Wildman–Crippen LogP) is 2.51. The van der Waals surface area contributed by atoms with E-state index in [1.54, 1.807) is 6.92 Å². The Morgan fingerprint density at radius 3 is 2.71 bits per heavy atom. The van der Waals surface area contributed by atoms with E-state index >= 15 is 0 Å². The quantitative estimate of drug-likeness (QED) is 0.558. The minimum absolute atomic E-state index is 0.119. The van der Waals surface area contributed by atoms with Crippen molar-refractivity contribution >= 4 is 35.6 Å². The maximum atomic E-state index is 13.1. The van der Waals surface area contributed by atoms with Crippen molar-refractivity contribution in [2.45, 2.75) is 6.92 Å². The zero-order chi connectivity index (χ0) is 20.3. The smallest absolute Gasteiger partial charge is 0.416 e. The van der Waals surface area contributed by atoms with E-state index in [0.29, 0.717) is 16.9 Å². The van der Waals surface area contributed by atoms with Gasteiger partial charge in [-0.2, -0.15) is 5.10 Å². The molecular weight excluding hydrogens is 393 g/mol. The summed E-state index contributed by atoms with van der Waals surface area (Å²) in [7, 11) is 0. The van der Waals surface area contributed by atoms with Crippen LogP contribution in [0, 0.1) is 12.7 Å². The summed E-state index contributed by atoms with van der Waals surface area (Å²) in [6.07, 6.45) is 1.74. The van der Waals surface area contributed by atoms with Crippen LogP contribution < -0.4 is 0 Å². The van der Waals surface area contributed by atoms with Gasteiger partial charge in [-0.25, -0.2) is 23.6 Å². The maximum absolute atomic E-state index is 13.1. The standard InChI is InChI=1S/C18H15ClFN3O5/c1-11-14(17(19)23(21-11)13-4-2-12(20)3-5-13)6-7-16(25)28-10-15(24)22-8-9-27-18(22)26/h2-7H,8-10H2,1H3/b7-6+. The number of ether oxygens (including phenoxy) is 2. The number of aryl methyl sites for hydroxylation is 1. The molecule has 1 aromatic carbocycles. The van der Waals surface area contributed by atoms with Crippen LogP contribution in [0.3, 0.4) is 0 Å². The molecule has 2 heterocycles. The zero-order valence-electron chi connectivity index (χ0n) is 14.7. The Labute approximate surface area is 164 Å². The van der Waals surface area contributed by atoms with E-state index in [1.807, 2.05) is 0 Å². The number of carbonyl (C=O) groups excluding carboxylic acids is 3. The fourth-order valence-corrected chi connectivity index (χ4v) is 2.82. The van der Waals surface area contributed by atoms with Crippen LogP contribution in [-0.2, 0) is 19.1 Å². The molecule has 0 spiro atoms. The second-order valence-corrected chi connectivity index (χ2v) is 6.14. The first-order valence-electron chi connectivity index (χ1n) is 8.20. The van der Waals surface area contributed by atoms with Crippen LogP contribution >= 0.6 is 11.6 Å². The van der Waals surface area contributed by atoms with E-state index in [2.05, 4.69) is 9.84 Å². The number of benzene rings is 1. The average Bonchev–Trinajstić information content (AvgIpc) is 3.22. The molecule has 10 heteroatoms. The third-order valence-corrected chi connectivity index (χ3v) is 4.27. The molecule has 146 valence electrons. The van der Waals surface area contributed by atoms with Crippen LogP contribution in [-0.4, -0.2) is 52.4 Å². The number of hydrogen-bond acceptors (Lipinski definition) is 6. The van der Waals surface area contributed by atoms with E-state index in [-0.39, 0.29) is 24.1 Å². The summed E-state index contributed by atoms with van der Waals surface area (Å²) in [5.74, 6) is -1.84. The van der Waals surface area contributed by atoms with Crippen molar-refractivity contribution in [2.75, 3.05) is 19.8 Å². The van der Waals surface area contributed by atoms with Crippen molar-refractivity contribution in [3.63, 3.8) is 0 Å². The third kappa shape index (κ3) is 4.20. The molecule has 0 unspecified atom stereocenters. The molecule has 0 radical (unpaired) electrons. The largest absolute Gasteiger partial charge is 0.452 e. The monoisotopic (exact) mass is 407 g/mol. The van der Waals surface area contributed by atoms with Gasteiger partial charge in [0.25, 0.3) is 5.91 Å². The first-order chi connectivity index (χ1) is 13.4. The van der Waals surface area contributed by atoms with Crippen molar-refractivity contribution < 1.29 is 28.2 Å². The minimum Gasteiger partial charge on any atom is -0.452 e. The first-order valence-corrected chi connectivity index (χ1v) is 8.57. The number of aromatic nitrogens is 2. The van der Waals surface area contributed by atoms with Gasteiger partial charge < -0.3 is 9.47 Å². The van der Waals surface area contributed by atoms with Gasteiger partial charge in [-0.3, -0.25) is 4.79 Å². The van der Waals surface area contributed by atoms with Gasteiger partial charge in [-0.1, -0.05) is 11.6 Å². The van der Waals surface area contributed by atoms with Crippen molar-refractivity contribution in [3.8, 4) is 5.69 Å². The molecule has 8 nitrogen and oxygen atoms in total. The van der Waals surface area contributed by atoms with Gasteiger partial charge in [0.1, 0.15) is 17.6 Å². The van der Waals surface area contributed by atoms with Gasteiger partial charge in [0.05, 0.1) is 17.9 Å². The van der Waals surface area contributed by atoms with Crippen molar-refractivity contribution in [3.05, 3.63) is 52.6 Å². The number of amides is 2. The molecule has 2 amide bonds. The molecule has 1 fully saturated rings. The normalized spacial score (nSPS) is 13.8. The van der Waals surface area contributed by atoms with Crippen LogP contribution in [0.2, 0.25) is 5.15 Å². The lowest BCUT2D eigenvalue weighted by atomic mass is 10.2. The zero-order valence-corrected chi connectivity index (χ0v) is 15.5. The summed E-state index contributed by atoms with van der Waals surface area (Å²) < 4.78 is 23.9. The Kier molecular flexibility index (Phi) is 5.74. The van der Waals surface area contributed by atoms with Gasteiger partial charge in [-0.15, -0.1) is 0 Å². The van der Waals surface area contributed by atoms with Crippen molar-refractivity contribution in [2.24, 2.45) is 0 Å². The highest BCUT2D eigenvalue weighted by Crippen LogP contribution is 2.24. The number of hydrogen-bond donors (Lipinski definition) is 0. The lowest BCUT2D eigenvalue weighted by molar-refractivity contribution is -0.146. The van der Waals surface area contributed by atoms with E-state index < -0.39 is 24.6 Å². The van der Waals surface area contributed by atoms with Crippen molar-refractivity contribution in [1.82, 2.24) is 14.7 Å². The number of nitrogens with zero attached hydrogens (tertiary/aromatic N) is 3. The summed E-state index contributed by atoms with van der Waals surface area (Å²) in [5, 5.41) is 4.50. The van der Waals surface area contributed by atoms with Gasteiger partial charge in [0.15, 0.2) is 6.61 Å². The fourth-order valence-electron chi connectivity index (χ4n) is 2.48. The van der Waals surface area contributed by atoms with E-state index in [0.717, 1.165) is 11.0 Å². The molecule has 0 bridgehead atoms. The van der Waals surface area contributed by atoms with E-state index in [4.69, 9.17) is 16.3 Å². The van der Waals surface area contributed by atoms with Gasteiger partial charge in [-0.05, 0) is 37.3 Å². The van der Waals surface area contributed by atoms with Crippen LogP contribution in [0.1, 0.15) is 11.3 Å². The Morgan fingerprint density at radius 1 is 1.36 bits per heavy atom. The molecule has 0 saturated carbocycles. The topological polar surface area (TPSA) is 90.7 Å². The highest BCUT2D eigenvalue weighted by atomic mass is 35.5. The van der Waals surface area contributed by atoms with Crippen LogP contribution in [0.4, 0.5) is 9.18 Å². The summed E-state index contributed by atoms with van der Waals surface area (Å²) in [6, 6.07) is 5.60. The molecule has 3 rings (SSSR count). The van der Waals surface area contributed by atoms with Gasteiger partial charge in [0, 0.05) is 11.6 Å². The van der Waals surface area contributed by atoms with E-state index in [9.17, 15) is 18.8 Å². The molecule has 1 aromatic heterocycles. The van der Waals surface area contributed by atoms with E-state index in [1.165, 1.54) is 35.0 Å².